The van der Waals surface area contributed by atoms with Crippen LogP contribution in [0.2, 0.25) is 0 Å². The van der Waals surface area contributed by atoms with Crippen LogP contribution in [0.4, 0.5) is 0 Å². The molecular weight excluding hydrogens is 200 g/mol. The number of rotatable bonds is 2. The number of carboxylic acid groups (broad SMARTS) is 1. The van der Waals surface area contributed by atoms with Crippen molar-refractivity contribution in [2.75, 3.05) is 0 Å². The lowest BCUT2D eigenvalue weighted by molar-refractivity contribution is -0.139. The van der Waals surface area contributed by atoms with Crippen molar-refractivity contribution in [2.45, 2.75) is 26.7 Å². The number of aliphatic carboxylic acids is 1. The largest absolute Gasteiger partial charge is 0.481 e. The van der Waals surface area contributed by atoms with E-state index in [-0.39, 0.29) is 0 Å². The van der Waals surface area contributed by atoms with Crippen LogP contribution >= 0.6 is 0 Å². The monoisotopic (exact) mass is 216 g/mol. The lowest BCUT2D eigenvalue weighted by atomic mass is 9.82. The summed E-state index contributed by atoms with van der Waals surface area (Å²) in [5.74, 6) is -1.16. The molecule has 2 heteroatoms. The molecule has 0 saturated carbocycles. The molecule has 0 bridgehead atoms. The van der Waals surface area contributed by atoms with Crippen LogP contribution in [0.1, 0.15) is 30.0 Å². The molecule has 2 rings (SSSR count). The molecule has 1 N–H and O–H groups in total. The van der Waals surface area contributed by atoms with Crippen LogP contribution in [0.5, 0.6) is 0 Å². The van der Waals surface area contributed by atoms with E-state index >= 15 is 0 Å². The summed E-state index contributed by atoms with van der Waals surface area (Å²) < 4.78 is 0. The molecule has 0 amide bonds. The quantitative estimate of drug-likeness (QED) is 0.825. The van der Waals surface area contributed by atoms with E-state index < -0.39 is 11.9 Å². The third-order valence-electron chi connectivity index (χ3n) is 3.26. The first-order valence-corrected chi connectivity index (χ1v) is 5.63. The Morgan fingerprint density at radius 1 is 1.44 bits per heavy atom. The summed E-state index contributed by atoms with van der Waals surface area (Å²) in [4.78, 5) is 11.1. The number of benzene rings is 1. The van der Waals surface area contributed by atoms with Crippen molar-refractivity contribution in [3.63, 3.8) is 0 Å². The van der Waals surface area contributed by atoms with Gasteiger partial charge in [0.1, 0.15) is 0 Å². The van der Waals surface area contributed by atoms with Gasteiger partial charge in [-0.1, -0.05) is 24.3 Å². The van der Waals surface area contributed by atoms with Gasteiger partial charge in [0, 0.05) is 0 Å². The van der Waals surface area contributed by atoms with Crippen molar-refractivity contribution in [3.8, 4) is 0 Å². The molecule has 0 aliphatic heterocycles. The van der Waals surface area contributed by atoms with Gasteiger partial charge < -0.3 is 5.11 Å². The molecule has 0 fully saturated rings. The highest BCUT2D eigenvalue weighted by Gasteiger charge is 2.23. The Morgan fingerprint density at radius 3 is 2.88 bits per heavy atom. The normalized spacial score (nSPS) is 16.2. The minimum Gasteiger partial charge on any atom is -0.481 e. The molecule has 1 aromatic carbocycles. The number of fused-ring (bicyclic) bond motifs is 1. The molecule has 0 radical (unpaired) electrons. The van der Waals surface area contributed by atoms with E-state index in [1.165, 1.54) is 11.1 Å². The first kappa shape index (κ1) is 10.9. The van der Waals surface area contributed by atoms with E-state index in [1.54, 1.807) is 6.92 Å². The molecule has 1 atom stereocenters. The van der Waals surface area contributed by atoms with Gasteiger partial charge in [-0.3, -0.25) is 4.79 Å². The zero-order chi connectivity index (χ0) is 11.7. The number of aryl methyl sites for hydroxylation is 2. The second-order valence-corrected chi connectivity index (χ2v) is 4.37. The van der Waals surface area contributed by atoms with E-state index in [4.69, 9.17) is 5.11 Å². The highest BCUT2D eigenvalue weighted by atomic mass is 16.4. The summed E-state index contributed by atoms with van der Waals surface area (Å²) in [7, 11) is 0. The summed E-state index contributed by atoms with van der Waals surface area (Å²) in [5.41, 5.74) is 4.60. The molecule has 1 aliphatic carbocycles. The Kier molecular flexibility index (Phi) is 2.82. The topological polar surface area (TPSA) is 37.3 Å². The Hall–Kier alpha value is -1.57. The smallest absolute Gasteiger partial charge is 0.310 e. The molecular formula is C14H16O2. The first-order chi connectivity index (χ1) is 7.61. The second-order valence-electron chi connectivity index (χ2n) is 4.37. The maximum absolute atomic E-state index is 11.1. The molecule has 0 saturated heterocycles. The average molecular weight is 216 g/mol. The fourth-order valence-electron chi connectivity index (χ4n) is 2.36. The maximum Gasteiger partial charge on any atom is 0.310 e. The van der Waals surface area contributed by atoms with Gasteiger partial charge in [0.15, 0.2) is 0 Å². The van der Waals surface area contributed by atoms with Crippen molar-refractivity contribution in [1.82, 2.24) is 0 Å². The van der Waals surface area contributed by atoms with Crippen molar-refractivity contribution in [3.05, 3.63) is 41.0 Å². The number of allylic oxidation sites excluding steroid dienone is 1. The van der Waals surface area contributed by atoms with Crippen molar-refractivity contribution in [2.24, 2.45) is 5.92 Å². The fraction of sp³-hybridized carbons (Fsp3) is 0.357. The predicted octanol–water partition coefficient (Wildman–Crippen LogP) is 3.05. The summed E-state index contributed by atoms with van der Waals surface area (Å²) >= 11 is 0. The lowest BCUT2D eigenvalue weighted by Gasteiger charge is -2.22. The minimum atomic E-state index is -0.748. The molecule has 0 spiro atoms. The van der Waals surface area contributed by atoms with Crippen LogP contribution in [0.15, 0.2) is 24.3 Å². The molecule has 16 heavy (non-hydrogen) atoms. The summed E-state index contributed by atoms with van der Waals surface area (Å²) in [6, 6.07) is 6.19. The van der Waals surface area contributed by atoms with E-state index in [0.29, 0.717) is 0 Å². The second kappa shape index (κ2) is 4.12. The highest BCUT2D eigenvalue weighted by molar-refractivity contribution is 5.89. The number of hydrogen-bond acceptors (Lipinski definition) is 1. The van der Waals surface area contributed by atoms with Crippen LogP contribution in [0, 0.1) is 12.8 Å². The Bertz CT molecular complexity index is 458. The maximum atomic E-state index is 11.1. The molecule has 1 unspecified atom stereocenters. The first-order valence-electron chi connectivity index (χ1n) is 5.63. The van der Waals surface area contributed by atoms with Crippen molar-refractivity contribution in [1.29, 1.82) is 0 Å². The molecule has 0 aromatic heterocycles. The number of carbonyl (C=O) groups is 1. The van der Waals surface area contributed by atoms with Crippen molar-refractivity contribution < 1.29 is 9.90 Å². The standard InChI is InChI=1S/C14H16O2/c1-9-5-3-6-11-7-4-8-12(13(9)11)10(2)14(15)16/h3,5-6,8,10H,4,7H2,1-2H3,(H,15,16). The minimum absolute atomic E-state index is 0.417. The molecule has 0 heterocycles. The molecule has 84 valence electrons. The number of hydrogen-bond donors (Lipinski definition) is 1. The van der Waals surface area contributed by atoms with Gasteiger partial charge in [-0.25, -0.2) is 0 Å². The number of carboxylic acids is 1. The molecule has 1 aliphatic rings. The van der Waals surface area contributed by atoms with Gasteiger partial charge in [-0.2, -0.15) is 0 Å². The van der Waals surface area contributed by atoms with Crippen LogP contribution in [-0.4, -0.2) is 11.1 Å². The van der Waals surface area contributed by atoms with Gasteiger partial charge in [-0.15, -0.1) is 0 Å². The summed E-state index contributed by atoms with van der Waals surface area (Å²) in [6.07, 6.45) is 4.05. The fourth-order valence-corrected chi connectivity index (χ4v) is 2.36. The zero-order valence-electron chi connectivity index (χ0n) is 9.66. The molecule has 2 nitrogen and oxygen atoms in total. The van der Waals surface area contributed by atoms with Gasteiger partial charge in [0.05, 0.1) is 5.92 Å². The van der Waals surface area contributed by atoms with Gasteiger partial charge in [-0.05, 0) is 49.0 Å². The van der Waals surface area contributed by atoms with Crippen LogP contribution < -0.4 is 0 Å². The zero-order valence-corrected chi connectivity index (χ0v) is 9.66. The Morgan fingerprint density at radius 2 is 2.19 bits per heavy atom. The van der Waals surface area contributed by atoms with Gasteiger partial charge in [0.2, 0.25) is 0 Å². The SMILES string of the molecule is Cc1cccc2c1C(C(C)C(=O)O)=CCC2. The average Bonchev–Trinajstić information content (AvgIpc) is 2.27. The van der Waals surface area contributed by atoms with Crippen LogP contribution in [0.3, 0.4) is 0 Å². The third-order valence-corrected chi connectivity index (χ3v) is 3.26. The summed E-state index contributed by atoms with van der Waals surface area (Å²) in [5, 5.41) is 9.11. The Labute approximate surface area is 95.6 Å². The molecule has 1 aromatic rings. The van der Waals surface area contributed by atoms with Gasteiger partial charge >= 0.3 is 5.97 Å². The highest BCUT2D eigenvalue weighted by Crippen LogP contribution is 2.34. The third kappa shape index (κ3) is 1.75. The van der Waals surface area contributed by atoms with E-state index in [9.17, 15) is 4.79 Å². The van der Waals surface area contributed by atoms with Gasteiger partial charge in [0.25, 0.3) is 0 Å². The summed E-state index contributed by atoms with van der Waals surface area (Å²) in [6.45, 7) is 3.81. The predicted molar refractivity (Wildman–Crippen MR) is 64.3 cm³/mol. The van der Waals surface area contributed by atoms with E-state index in [2.05, 4.69) is 12.1 Å². The van der Waals surface area contributed by atoms with E-state index in [1.807, 2.05) is 19.1 Å². The van der Waals surface area contributed by atoms with Crippen molar-refractivity contribution >= 4 is 11.5 Å². The van der Waals surface area contributed by atoms with Crippen LogP contribution in [0.25, 0.3) is 5.57 Å². The Balaban J connectivity index is 2.51. The van der Waals surface area contributed by atoms with Crippen LogP contribution in [-0.2, 0) is 11.2 Å². The lowest BCUT2D eigenvalue weighted by Crippen LogP contribution is -2.15. The van der Waals surface area contributed by atoms with E-state index in [0.717, 1.165) is 24.0 Å².